The highest BCUT2D eigenvalue weighted by atomic mass is 15.1. The van der Waals surface area contributed by atoms with E-state index in [1.165, 1.54) is 36.9 Å². The average Bonchev–Trinajstić information content (AvgIpc) is 3.29. The van der Waals surface area contributed by atoms with Gasteiger partial charge in [0.15, 0.2) is 0 Å². The summed E-state index contributed by atoms with van der Waals surface area (Å²) in [7, 11) is 0. The van der Waals surface area contributed by atoms with Crippen molar-refractivity contribution in [1.29, 1.82) is 0 Å². The largest absolute Gasteiger partial charge is 0.310 e. The first kappa shape index (κ1) is 15.5. The van der Waals surface area contributed by atoms with Crippen molar-refractivity contribution in [3.63, 3.8) is 0 Å². The fourth-order valence-corrected chi connectivity index (χ4v) is 2.45. The molecule has 1 aliphatic rings. The van der Waals surface area contributed by atoms with Crippen LogP contribution in [0.25, 0.3) is 0 Å². The molecule has 1 fully saturated rings. The van der Waals surface area contributed by atoms with E-state index in [0.717, 1.165) is 31.6 Å². The maximum absolute atomic E-state index is 3.57. The Hall–Kier alpha value is -0.860. The molecule has 0 saturated heterocycles. The lowest BCUT2D eigenvalue weighted by molar-refractivity contribution is 0.238. The first-order valence-corrected chi connectivity index (χ1v) is 8.24. The normalized spacial score (nSPS) is 16.6. The summed E-state index contributed by atoms with van der Waals surface area (Å²) in [6.45, 7) is 11.3. The molecule has 1 aliphatic carbocycles. The third kappa shape index (κ3) is 5.26. The van der Waals surface area contributed by atoms with Crippen molar-refractivity contribution in [3.05, 3.63) is 35.4 Å². The van der Waals surface area contributed by atoms with Crippen LogP contribution in [0.15, 0.2) is 24.3 Å². The van der Waals surface area contributed by atoms with Crippen molar-refractivity contribution in [3.8, 4) is 0 Å². The van der Waals surface area contributed by atoms with Crippen molar-refractivity contribution in [2.45, 2.75) is 59.2 Å². The predicted molar refractivity (Wildman–Crippen MR) is 86.7 cm³/mol. The molecule has 0 heterocycles. The molecule has 0 aromatic heterocycles. The van der Waals surface area contributed by atoms with Gasteiger partial charge in [0, 0.05) is 25.7 Å². The molecule has 1 aromatic rings. The van der Waals surface area contributed by atoms with Gasteiger partial charge in [0.25, 0.3) is 0 Å². The maximum Gasteiger partial charge on any atom is 0.0233 e. The summed E-state index contributed by atoms with van der Waals surface area (Å²) in [5.41, 5.74) is 2.84. The second-order valence-corrected chi connectivity index (χ2v) is 6.31. The van der Waals surface area contributed by atoms with Crippen LogP contribution in [0.5, 0.6) is 0 Å². The van der Waals surface area contributed by atoms with E-state index in [1.54, 1.807) is 0 Å². The molecular weight excluding hydrogens is 244 g/mol. The molecule has 1 atom stereocenters. The van der Waals surface area contributed by atoms with Crippen LogP contribution in [-0.2, 0) is 13.1 Å². The Labute approximate surface area is 124 Å². The third-order valence-electron chi connectivity index (χ3n) is 4.32. The first-order valence-electron chi connectivity index (χ1n) is 8.24. The van der Waals surface area contributed by atoms with Gasteiger partial charge in [0.1, 0.15) is 0 Å². The van der Waals surface area contributed by atoms with E-state index >= 15 is 0 Å². The molecular formula is C18H30N2. The zero-order valence-electron chi connectivity index (χ0n) is 13.4. The van der Waals surface area contributed by atoms with Gasteiger partial charge >= 0.3 is 0 Å². The standard InChI is InChI=1S/C18H30N2/c1-4-15(3)13-20(5-2)14-17-8-6-16(7-9-17)12-19-18-10-11-18/h6-9,15,18-19H,4-5,10-14H2,1-3H3. The van der Waals surface area contributed by atoms with E-state index in [2.05, 4.69) is 55.3 Å². The lowest BCUT2D eigenvalue weighted by Crippen LogP contribution is -2.27. The zero-order valence-corrected chi connectivity index (χ0v) is 13.4. The zero-order chi connectivity index (χ0) is 14.4. The maximum atomic E-state index is 3.57. The highest BCUT2D eigenvalue weighted by molar-refractivity contribution is 5.22. The molecule has 1 saturated carbocycles. The summed E-state index contributed by atoms with van der Waals surface area (Å²) >= 11 is 0. The molecule has 0 spiro atoms. The minimum Gasteiger partial charge on any atom is -0.310 e. The smallest absolute Gasteiger partial charge is 0.0233 e. The molecule has 112 valence electrons. The first-order chi connectivity index (χ1) is 9.71. The van der Waals surface area contributed by atoms with Gasteiger partial charge < -0.3 is 5.32 Å². The second-order valence-electron chi connectivity index (χ2n) is 6.31. The van der Waals surface area contributed by atoms with Crippen LogP contribution in [0.1, 0.15) is 51.2 Å². The van der Waals surface area contributed by atoms with Crippen LogP contribution in [-0.4, -0.2) is 24.0 Å². The van der Waals surface area contributed by atoms with E-state index < -0.39 is 0 Å². The van der Waals surface area contributed by atoms with Crippen LogP contribution in [0.3, 0.4) is 0 Å². The topological polar surface area (TPSA) is 15.3 Å². The average molecular weight is 274 g/mol. The molecule has 1 aromatic carbocycles. The minimum atomic E-state index is 0.789. The Balaban J connectivity index is 1.81. The lowest BCUT2D eigenvalue weighted by Gasteiger charge is -2.23. The van der Waals surface area contributed by atoms with Gasteiger partial charge in [-0.15, -0.1) is 0 Å². The van der Waals surface area contributed by atoms with Crippen LogP contribution in [0.4, 0.5) is 0 Å². The summed E-state index contributed by atoms with van der Waals surface area (Å²) in [4.78, 5) is 2.55. The van der Waals surface area contributed by atoms with E-state index in [0.29, 0.717) is 0 Å². The summed E-state index contributed by atoms with van der Waals surface area (Å²) in [5, 5.41) is 3.57. The number of nitrogens with one attached hydrogen (secondary N) is 1. The molecule has 2 nitrogen and oxygen atoms in total. The molecule has 0 amide bonds. The number of nitrogens with zero attached hydrogens (tertiary/aromatic N) is 1. The van der Waals surface area contributed by atoms with Gasteiger partial charge in [-0.2, -0.15) is 0 Å². The molecule has 2 rings (SSSR count). The Kier molecular flexibility index (Phi) is 6.06. The number of rotatable bonds is 9. The van der Waals surface area contributed by atoms with Gasteiger partial charge in [-0.1, -0.05) is 51.5 Å². The predicted octanol–water partition coefficient (Wildman–Crippen LogP) is 3.81. The van der Waals surface area contributed by atoms with Crippen molar-refractivity contribution in [1.82, 2.24) is 10.2 Å². The van der Waals surface area contributed by atoms with Crippen molar-refractivity contribution in [2.75, 3.05) is 13.1 Å². The van der Waals surface area contributed by atoms with Gasteiger partial charge in [-0.05, 0) is 36.4 Å². The van der Waals surface area contributed by atoms with E-state index in [1.807, 2.05) is 0 Å². The molecule has 0 aliphatic heterocycles. The quantitative estimate of drug-likeness (QED) is 0.736. The highest BCUT2D eigenvalue weighted by Crippen LogP contribution is 2.19. The number of hydrogen-bond donors (Lipinski definition) is 1. The van der Waals surface area contributed by atoms with Gasteiger partial charge in [0.05, 0.1) is 0 Å². The monoisotopic (exact) mass is 274 g/mol. The SMILES string of the molecule is CCC(C)CN(CC)Cc1ccc(CNC2CC2)cc1. The summed E-state index contributed by atoms with van der Waals surface area (Å²) in [5.74, 6) is 0.789. The second kappa shape index (κ2) is 7.80. The van der Waals surface area contributed by atoms with Crippen molar-refractivity contribution < 1.29 is 0 Å². The minimum absolute atomic E-state index is 0.789. The van der Waals surface area contributed by atoms with E-state index in [9.17, 15) is 0 Å². The van der Waals surface area contributed by atoms with Crippen molar-refractivity contribution >= 4 is 0 Å². The van der Waals surface area contributed by atoms with Crippen LogP contribution >= 0.6 is 0 Å². The van der Waals surface area contributed by atoms with Crippen molar-refractivity contribution in [2.24, 2.45) is 5.92 Å². The summed E-state index contributed by atoms with van der Waals surface area (Å²) in [6, 6.07) is 9.94. The highest BCUT2D eigenvalue weighted by Gasteiger charge is 2.19. The van der Waals surface area contributed by atoms with Crippen LogP contribution in [0, 0.1) is 5.92 Å². The Morgan fingerprint density at radius 3 is 2.35 bits per heavy atom. The Morgan fingerprint density at radius 2 is 1.80 bits per heavy atom. The van der Waals surface area contributed by atoms with Crippen LogP contribution < -0.4 is 5.32 Å². The fourth-order valence-electron chi connectivity index (χ4n) is 2.45. The molecule has 0 radical (unpaired) electrons. The molecule has 2 heteroatoms. The molecule has 0 bridgehead atoms. The summed E-state index contributed by atoms with van der Waals surface area (Å²) in [6.07, 6.45) is 3.99. The molecule has 1 unspecified atom stereocenters. The number of benzene rings is 1. The molecule has 20 heavy (non-hydrogen) atoms. The van der Waals surface area contributed by atoms with Crippen LogP contribution in [0.2, 0.25) is 0 Å². The third-order valence-corrected chi connectivity index (χ3v) is 4.32. The lowest BCUT2D eigenvalue weighted by atomic mass is 10.1. The fraction of sp³-hybridized carbons (Fsp3) is 0.667. The Morgan fingerprint density at radius 1 is 1.15 bits per heavy atom. The Bertz CT molecular complexity index is 381. The summed E-state index contributed by atoms with van der Waals surface area (Å²) < 4.78 is 0. The number of hydrogen-bond acceptors (Lipinski definition) is 2. The van der Waals surface area contributed by atoms with Gasteiger partial charge in [0.2, 0.25) is 0 Å². The molecule has 1 N–H and O–H groups in total. The van der Waals surface area contributed by atoms with Gasteiger partial charge in [-0.25, -0.2) is 0 Å². The van der Waals surface area contributed by atoms with Gasteiger partial charge in [-0.3, -0.25) is 4.90 Å². The van der Waals surface area contributed by atoms with E-state index in [-0.39, 0.29) is 0 Å². The van der Waals surface area contributed by atoms with E-state index in [4.69, 9.17) is 0 Å².